The molecule has 0 saturated heterocycles. The number of aromatic hydroxyl groups is 1. The van der Waals surface area contributed by atoms with E-state index in [2.05, 4.69) is 15.5 Å². The standard InChI is InChI=1S/C19H18ClN3O3/c20-14-5-1-12(2-6-14)9-15(11-24)21-19(26)18-10-17(22-23-18)13-3-7-16(25)8-4-13/h1-8,10,15,24-25H,9,11H2,(H,21,26)(H,22,23)/t15-/m1/s1. The van der Waals surface area contributed by atoms with Gasteiger partial charge in [0, 0.05) is 10.6 Å². The number of halogens is 1. The number of phenolic OH excluding ortho intramolecular Hbond substituents is 1. The van der Waals surface area contributed by atoms with Gasteiger partial charge < -0.3 is 15.5 Å². The lowest BCUT2D eigenvalue weighted by molar-refractivity contribution is 0.0911. The monoisotopic (exact) mass is 371 g/mol. The Morgan fingerprint density at radius 1 is 1.15 bits per heavy atom. The van der Waals surface area contributed by atoms with Gasteiger partial charge in [0.2, 0.25) is 0 Å². The van der Waals surface area contributed by atoms with E-state index in [0.717, 1.165) is 11.1 Å². The molecule has 0 unspecified atom stereocenters. The van der Waals surface area contributed by atoms with Gasteiger partial charge in [0.1, 0.15) is 11.4 Å². The van der Waals surface area contributed by atoms with Gasteiger partial charge in [-0.2, -0.15) is 5.10 Å². The molecule has 0 aliphatic heterocycles. The van der Waals surface area contributed by atoms with Crippen molar-refractivity contribution in [1.29, 1.82) is 0 Å². The fourth-order valence-electron chi connectivity index (χ4n) is 2.55. The molecule has 1 heterocycles. The Kier molecular flexibility index (Phi) is 5.55. The second kappa shape index (κ2) is 8.03. The highest BCUT2D eigenvalue weighted by atomic mass is 35.5. The summed E-state index contributed by atoms with van der Waals surface area (Å²) < 4.78 is 0. The zero-order valence-electron chi connectivity index (χ0n) is 13.8. The van der Waals surface area contributed by atoms with Crippen molar-refractivity contribution in [3.8, 4) is 17.0 Å². The molecule has 1 amide bonds. The topological polar surface area (TPSA) is 98.2 Å². The maximum Gasteiger partial charge on any atom is 0.269 e. The molecule has 0 radical (unpaired) electrons. The molecule has 0 fully saturated rings. The average Bonchev–Trinajstić information content (AvgIpc) is 3.14. The summed E-state index contributed by atoms with van der Waals surface area (Å²) in [5.41, 5.74) is 2.62. The van der Waals surface area contributed by atoms with Crippen LogP contribution in [0.4, 0.5) is 0 Å². The van der Waals surface area contributed by atoms with Crippen molar-refractivity contribution < 1.29 is 15.0 Å². The number of nitrogens with one attached hydrogen (secondary N) is 2. The number of hydrogen-bond acceptors (Lipinski definition) is 4. The number of carbonyl (C=O) groups excluding carboxylic acids is 1. The molecule has 134 valence electrons. The summed E-state index contributed by atoms with van der Waals surface area (Å²) in [5.74, 6) is -0.189. The van der Waals surface area contributed by atoms with E-state index in [4.69, 9.17) is 11.6 Å². The van der Waals surface area contributed by atoms with Crippen molar-refractivity contribution in [2.24, 2.45) is 0 Å². The van der Waals surface area contributed by atoms with Crippen LogP contribution in [0.25, 0.3) is 11.3 Å². The van der Waals surface area contributed by atoms with E-state index in [1.54, 1.807) is 42.5 Å². The molecule has 4 N–H and O–H groups in total. The number of aliphatic hydroxyl groups is 1. The minimum Gasteiger partial charge on any atom is -0.508 e. The Balaban J connectivity index is 1.66. The fraction of sp³-hybridized carbons (Fsp3) is 0.158. The second-order valence-electron chi connectivity index (χ2n) is 5.90. The molecule has 6 nitrogen and oxygen atoms in total. The van der Waals surface area contributed by atoms with E-state index < -0.39 is 6.04 Å². The molecule has 3 rings (SSSR count). The van der Waals surface area contributed by atoms with Crippen molar-refractivity contribution in [3.05, 3.63) is 70.9 Å². The van der Waals surface area contributed by atoms with Gasteiger partial charge in [-0.15, -0.1) is 0 Å². The third-order valence-corrected chi connectivity index (χ3v) is 4.19. The highest BCUT2D eigenvalue weighted by Gasteiger charge is 2.16. The van der Waals surface area contributed by atoms with E-state index >= 15 is 0 Å². The second-order valence-corrected chi connectivity index (χ2v) is 6.33. The Morgan fingerprint density at radius 3 is 2.50 bits per heavy atom. The van der Waals surface area contributed by atoms with Gasteiger partial charge in [0.25, 0.3) is 5.91 Å². The van der Waals surface area contributed by atoms with Crippen LogP contribution in [0.15, 0.2) is 54.6 Å². The number of phenols is 1. The van der Waals surface area contributed by atoms with Crippen molar-refractivity contribution in [3.63, 3.8) is 0 Å². The van der Waals surface area contributed by atoms with Crippen LogP contribution in [0.3, 0.4) is 0 Å². The van der Waals surface area contributed by atoms with Gasteiger partial charge in [-0.25, -0.2) is 0 Å². The lowest BCUT2D eigenvalue weighted by atomic mass is 10.1. The highest BCUT2D eigenvalue weighted by Crippen LogP contribution is 2.20. The first-order chi connectivity index (χ1) is 12.5. The number of aromatic amines is 1. The van der Waals surface area contributed by atoms with Crippen LogP contribution < -0.4 is 5.32 Å². The van der Waals surface area contributed by atoms with Crippen molar-refractivity contribution in [2.45, 2.75) is 12.5 Å². The zero-order chi connectivity index (χ0) is 18.5. The molecule has 0 spiro atoms. The molecule has 0 aliphatic rings. The van der Waals surface area contributed by atoms with Gasteiger partial charge in [-0.05, 0) is 54.4 Å². The largest absolute Gasteiger partial charge is 0.508 e. The van der Waals surface area contributed by atoms with E-state index in [0.29, 0.717) is 22.8 Å². The Hall–Kier alpha value is -2.83. The van der Waals surface area contributed by atoms with Crippen LogP contribution in [-0.4, -0.2) is 39.0 Å². The lowest BCUT2D eigenvalue weighted by Crippen LogP contribution is -2.39. The highest BCUT2D eigenvalue weighted by molar-refractivity contribution is 6.30. The predicted molar refractivity (Wildman–Crippen MR) is 99.2 cm³/mol. The summed E-state index contributed by atoms with van der Waals surface area (Å²) in [6.45, 7) is -0.187. The minimum absolute atomic E-state index is 0.162. The molecule has 2 aromatic carbocycles. The van der Waals surface area contributed by atoms with Crippen LogP contribution in [0.2, 0.25) is 5.02 Å². The van der Waals surface area contributed by atoms with Gasteiger partial charge in [0.15, 0.2) is 0 Å². The quantitative estimate of drug-likeness (QED) is 0.535. The first kappa shape index (κ1) is 18.0. The average molecular weight is 372 g/mol. The van der Waals surface area contributed by atoms with Gasteiger partial charge in [-0.3, -0.25) is 9.89 Å². The van der Waals surface area contributed by atoms with Crippen LogP contribution in [-0.2, 0) is 6.42 Å². The smallest absolute Gasteiger partial charge is 0.269 e. The predicted octanol–water partition coefficient (Wildman–Crippen LogP) is 2.77. The Morgan fingerprint density at radius 2 is 1.85 bits per heavy atom. The molecule has 0 bridgehead atoms. The summed E-state index contributed by atoms with van der Waals surface area (Å²) in [7, 11) is 0. The summed E-state index contributed by atoms with van der Waals surface area (Å²) in [5, 5.41) is 29.1. The van der Waals surface area contributed by atoms with Crippen molar-refractivity contribution in [1.82, 2.24) is 15.5 Å². The van der Waals surface area contributed by atoms with E-state index in [9.17, 15) is 15.0 Å². The molecule has 3 aromatic rings. The Labute approximate surface area is 155 Å². The van der Waals surface area contributed by atoms with Crippen LogP contribution >= 0.6 is 11.6 Å². The van der Waals surface area contributed by atoms with Crippen LogP contribution in [0.5, 0.6) is 5.75 Å². The number of hydrogen-bond donors (Lipinski definition) is 4. The third kappa shape index (κ3) is 4.41. The molecular weight excluding hydrogens is 354 g/mol. The summed E-state index contributed by atoms with van der Waals surface area (Å²) >= 11 is 5.86. The number of aromatic nitrogens is 2. The van der Waals surface area contributed by atoms with E-state index in [1.807, 2.05) is 12.1 Å². The number of rotatable bonds is 6. The molecule has 7 heteroatoms. The minimum atomic E-state index is -0.427. The normalized spacial score (nSPS) is 11.9. The molecule has 1 aromatic heterocycles. The van der Waals surface area contributed by atoms with Gasteiger partial charge in [0.05, 0.1) is 18.3 Å². The zero-order valence-corrected chi connectivity index (χ0v) is 14.6. The molecule has 0 aliphatic carbocycles. The summed E-state index contributed by atoms with van der Waals surface area (Å²) in [4.78, 5) is 12.4. The number of carbonyl (C=O) groups is 1. The van der Waals surface area contributed by atoms with Crippen molar-refractivity contribution in [2.75, 3.05) is 6.61 Å². The first-order valence-corrected chi connectivity index (χ1v) is 8.44. The maximum absolute atomic E-state index is 12.4. The fourth-order valence-corrected chi connectivity index (χ4v) is 2.67. The molecule has 1 atom stereocenters. The Bertz CT molecular complexity index is 876. The van der Waals surface area contributed by atoms with Crippen molar-refractivity contribution >= 4 is 17.5 Å². The summed E-state index contributed by atoms with van der Waals surface area (Å²) in [6.07, 6.45) is 0.484. The third-order valence-electron chi connectivity index (χ3n) is 3.94. The summed E-state index contributed by atoms with van der Waals surface area (Å²) in [6, 6.07) is 15.0. The number of H-pyrrole nitrogens is 1. The number of nitrogens with zero attached hydrogens (tertiary/aromatic N) is 1. The number of aliphatic hydroxyl groups excluding tert-OH is 1. The molecular formula is C19H18ClN3O3. The SMILES string of the molecule is O=C(N[C@@H](CO)Cc1ccc(Cl)cc1)c1cc(-c2ccc(O)cc2)n[nH]1. The molecule has 26 heavy (non-hydrogen) atoms. The van der Waals surface area contributed by atoms with Crippen LogP contribution in [0, 0.1) is 0 Å². The van der Waals surface area contributed by atoms with E-state index in [1.165, 1.54) is 0 Å². The lowest BCUT2D eigenvalue weighted by Gasteiger charge is -2.15. The van der Waals surface area contributed by atoms with Gasteiger partial charge >= 0.3 is 0 Å². The first-order valence-electron chi connectivity index (χ1n) is 8.06. The van der Waals surface area contributed by atoms with Gasteiger partial charge in [-0.1, -0.05) is 23.7 Å². The molecule has 0 saturated carbocycles. The maximum atomic E-state index is 12.4. The van der Waals surface area contributed by atoms with Crippen LogP contribution in [0.1, 0.15) is 16.1 Å². The number of amides is 1. The van der Waals surface area contributed by atoms with E-state index in [-0.39, 0.29) is 18.3 Å². The number of benzene rings is 2.